The van der Waals surface area contributed by atoms with Crippen LogP contribution in [0.2, 0.25) is 5.02 Å². The highest BCUT2D eigenvalue weighted by molar-refractivity contribution is 7.89. The number of nitrogens with zero attached hydrogens (tertiary/aromatic N) is 4. The van der Waals surface area contributed by atoms with Crippen LogP contribution in [0.1, 0.15) is 40.1 Å². The van der Waals surface area contributed by atoms with E-state index in [-0.39, 0.29) is 42.9 Å². The number of piperazine rings is 1. The Bertz CT molecular complexity index is 1570. The lowest BCUT2D eigenvalue weighted by atomic mass is 10.1. The molecular weight excluding hydrogens is 588 g/mol. The minimum atomic E-state index is -3.89. The summed E-state index contributed by atoms with van der Waals surface area (Å²) >= 11 is 7.50. The number of amides is 2. The van der Waals surface area contributed by atoms with Crippen molar-refractivity contribution >= 4 is 55.7 Å². The number of carbonyl (C=O) groups is 2. The molecule has 41 heavy (non-hydrogen) atoms. The lowest BCUT2D eigenvalue weighted by molar-refractivity contribution is -0.135. The van der Waals surface area contributed by atoms with Gasteiger partial charge in [-0.15, -0.1) is 11.3 Å². The van der Waals surface area contributed by atoms with Crippen molar-refractivity contribution in [2.75, 3.05) is 45.9 Å². The first-order valence-electron chi connectivity index (χ1n) is 13.9. The van der Waals surface area contributed by atoms with Gasteiger partial charge >= 0.3 is 0 Å². The van der Waals surface area contributed by atoms with Gasteiger partial charge in [0, 0.05) is 85.0 Å². The van der Waals surface area contributed by atoms with Crippen LogP contribution in [0.5, 0.6) is 0 Å². The summed E-state index contributed by atoms with van der Waals surface area (Å²) in [7, 11) is -3.89. The van der Waals surface area contributed by atoms with Gasteiger partial charge in [-0.1, -0.05) is 11.6 Å². The number of morpholine rings is 1. The molecule has 2 saturated heterocycles. The highest BCUT2D eigenvalue weighted by atomic mass is 35.5. The zero-order chi connectivity index (χ0) is 28.7. The Morgan fingerprint density at radius 3 is 2.78 bits per heavy atom. The Balaban J connectivity index is 1.24. The highest BCUT2D eigenvalue weighted by Crippen LogP contribution is 2.29. The number of hydrogen-bond donors (Lipinski definition) is 2. The molecule has 2 amide bonds. The van der Waals surface area contributed by atoms with Crippen LogP contribution in [0.4, 0.5) is 0 Å². The summed E-state index contributed by atoms with van der Waals surface area (Å²) in [6.45, 7) is 5.29. The number of rotatable bonds is 6. The maximum atomic E-state index is 13.8. The van der Waals surface area contributed by atoms with Crippen LogP contribution in [0, 0.1) is 0 Å². The van der Waals surface area contributed by atoms with Crippen molar-refractivity contribution in [2.45, 2.75) is 49.8 Å². The number of fused-ring (bicyclic) bond motifs is 2. The number of H-pyrrole nitrogens is 1. The zero-order valence-corrected chi connectivity index (χ0v) is 25.2. The van der Waals surface area contributed by atoms with E-state index in [0.717, 1.165) is 17.0 Å². The monoisotopic (exact) mass is 620 g/mol. The maximum absolute atomic E-state index is 13.8. The van der Waals surface area contributed by atoms with E-state index in [4.69, 9.17) is 16.3 Å². The number of nitrogens with one attached hydrogen (secondary N) is 2. The molecule has 6 rings (SSSR count). The van der Waals surface area contributed by atoms with Gasteiger partial charge in [0.2, 0.25) is 5.91 Å². The number of sulfonamides is 1. The predicted octanol–water partition coefficient (Wildman–Crippen LogP) is 2.47. The van der Waals surface area contributed by atoms with Crippen LogP contribution < -0.4 is 5.32 Å². The minimum absolute atomic E-state index is 0.0158. The van der Waals surface area contributed by atoms with E-state index in [9.17, 15) is 18.0 Å². The minimum Gasteiger partial charge on any atom is -0.378 e. The second-order valence-corrected chi connectivity index (χ2v) is 14.2. The Kier molecular flexibility index (Phi) is 8.09. The van der Waals surface area contributed by atoms with E-state index in [1.165, 1.54) is 15.6 Å². The predicted molar refractivity (Wildman–Crippen MR) is 156 cm³/mol. The van der Waals surface area contributed by atoms with Crippen LogP contribution in [0.3, 0.4) is 0 Å². The first kappa shape index (κ1) is 28.6. The average Bonchev–Trinajstić information content (AvgIpc) is 3.60. The van der Waals surface area contributed by atoms with Crippen LogP contribution in [-0.4, -0.2) is 102 Å². The topological polar surface area (TPSA) is 128 Å². The molecule has 2 aromatic heterocycles. The molecule has 0 aliphatic carbocycles. The fraction of sp³-hybridized carbons (Fsp3) is 0.519. The number of thiazole rings is 1. The molecule has 0 saturated carbocycles. The van der Waals surface area contributed by atoms with Crippen LogP contribution in [0.15, 0.2) is 29.3 Å². The van der Waals surface area contributed by atoms with Gasteiger partial charge in [-0.2, -0.15) is 4.31 Å². The smallest absolute Gasteiger partial charge is 0.283 e. The van der Waals surface area contributed by atoms with Crippen LogP contribution >= 0.6 is 22.9 Å². The Morgan fingerprint density at radius 1 is 1.17 bits per heavy atom. The summed E-state index contributed by atoms with van der Waals surface area (Å²) in [5.41, 5.74) is 1.62. The van der Waals surface area contributed by atoms with Gasteiger partial charge in [-0.05, 0) is 37.6 Å². The molecule has 2 fully saturated rings. The van der Waals surface area contributed by atoms with E-state index in [2.05, 4.69) is 22.2 Å². The second kappa shape index (κ2) is 11.6. The standard InChI is InChI=1S/C27H33ClN6O5S2/c1-17-12-22-23(15-29-17)40-26(31-22)27(36)34-7-6-33(16-20(34)3-5-25(35)32-8-10-39-11-9-32)41(37,38)24-14-18-13-19(28)2-4-21(18)30-24/h2,4,13-14,17,20,29-30H,3,5-12,15-16H2,1H3. The molecule has 220 valence electrons. The lowest BCUT2D eigenvalue weighted by Crippen LogP contribution is -2.56. The van der Waals surface area contributed by atoms with Crippen molar-refractivity contribution < 1.29 is 22.7 Å². The summed E-state index contributed by atoms with van der Waals surface area (Å²) in [4.78, 5) is 39.0. The molecule has 11 nitrogen and oxygen atoms in total. The third-order valence-corrected chi connectivity index (χ3v) is 11.1. The van der Waals surface area contributed by atoms with Crippen molar-refractivity contribution in [3.05, 3.63) is 44.9 Å². The van der Waals surface area contributed by atoms with E-state index in [0.29, 0.717) is 66.2 Å². The quantitative estimate of drug-likeness (QED) is 0.433. The van der Waals surface area contributed by atoms with Crippen molar-refractivity contribution in [3.8, 4) is 0 Å². The van der Waals surface area contributed by atoms with E-state index >= 15 is 0 Å². The number of aromatic amines is 1. The molecule has 1 aromatic carbocycles. The van der Waals surface area contributed by atoms with E-state index in [1.54, 1.807) is 34.1 Å². The molecule has 3 aromatic rings. The maximum Gasteiger partial charge on any atom is 0.283 e. The third-order valence-electron chi connectivity index (χ3n) is 8.01. The summed E-state index contributed by atoms with van der Waals surface area (Å²) in [5.74, 6) is -0.226. The molecule has 0 bridgehead atoms. The Morgan fingerprint density at radius 2 is 1.98 bits per heavy atom. The molecule has 3 aliphatic rings. The van der Waals surface area contributed by atoms with Gasteiger partial charge in [-0.25, -0.2) is 13.4 Å². The fourth-order valence-electron chi connectivity index (χ4n) is 5.70. The fourth-order valence-corrected chi connectivity index (χ4v) is 8.36. The molecule has 2 N–H and O–H groups in total. The first-order valence-corrected chi connectivity index (χ1v) is 16.5. The number of aromatic nitrogens is 2. The molecule has 2 unspecified atom stereocenters. The molecule has 3 aliphatic heterocycles. The Labute approximate surface area is 247 Å². The number of halogens is 1. The second-order valence-electron chi connectivity index (χ2n) is 10.8. The normalized spacial score (nSPS) is 22.2. The molecule has 5 heterocycles. The average molecular weight is 621 g/mol. The Hall–Kier alpha value is -2.55. The van der Waals surface area contributed by atoms with Crippen molar-refractivity contribution in [2.24, 2.45) is 0 Å². The summed E-state index contributed by atoms with van der Waals surface area (Å²) in [5, 5.41) is 5.12. The molecule has 0 radical (unpaired) electrons. The van der Waals surface area contributed by atoms with Gasteiger partial charge in [0.05, 0.1) is 18.9 Å². The van der Waals surface area contributed by atoms with Crippen LogP contribution in [0.25, 0.3) is 10.9 Å². The SMILES string of the molecule is CC1Cc2nc(C(=O)N3CCN(S(=O)(=O)c4cc5cc(Cl)ccc5[nH]4)CC3CCC(=O)N3CCOCC3)sc2CN1. The van der Waals surface area contributed by atoms with Gasteiger partial charge in [0.15, 0.2) is 5.01 Å². The third kappa shape index (κ3) is 5.88. The van der Waals surface area contributed by atoms with E-state index in [1.807, 2.05) is 0 Å². The van der Waals surface area contributed by atoms with E-state index < -0.39 is 16.1 Å². The first-order chi connectivity index (χ1) is 19.7. The summed E-state index contributed by atoms with van der Waals surface area (Å²) in [6, 6.07) is 6.56. The van der Waals surface area contributed by atoms with Crippen molar-refractivity contribution in [1.29, 1.82) is 0 Å². The summed E-state index contributed by atoms with van der Waals surface area (Å²) < 4.78 is 34.2. The molecule has 0 spiro atoms. The van der Waals surface area contributed by atoms with Crippen molar-refractivity contribution in [3.63, 3.8) is 0 Å². The van der Waals surface area contributed by atoms with Gasteiger partial charge in [0.25, 0.3) is 15.9 Å². The van der Waals surface area contributed by atoms with Crippen molar-refractivity contribution in [1.82, 2.24) is 29.4 Å². The number of hydrogen-bond acceptors (Lipinski definition) is 8. The lowest BCUT2D eigenvalue weighted by Gasteiger charge is -2.40. The molecule has 2 atom stereocenters. The van der Waals surface area contributed by atoms with Gasteiger partial charge < -0.3 is 24.8 Å². The van der Waals surface area contributed by atoms with Crippen LogP contribution in [-0.2, 0) is 32.5 Å². The van der Waals surface area contributed by atoms with Gasteiger partial charge in [0.1, 0.15) is 5.03 Å². The highest BCUT2D eigenvalue weighted by Gasteiger charge is 2.39. The molecular formula is C27H33ClN6O5S2. The summed E-state index contributed by atoms with van der Waals surface area (Å²) in [6.07, 6.45) is 1.32. The number of ether oxygens (including phenoxy) is 1. The largest absolute Gasteiger partial charge is 0.378 e. The number of benzene rings is 1. The van der Waals surface area contributed by atoms with Gasteiger partial charge in [-0.3, -0.25) is 9.59 Å². The zero-order valence-electron chi connectivity index (χ0n) is 22.8. The number of carbonyl (C=O) groups excluding carboxylic acids is 2. The molecule has 14 heteroatoms.